The van der Waals surface area contributed by atoms with Crippen LogP contribution >= 0.6 is 0 Å². The van der Waals surface area contributed by atoms with Crippen LogP contribution in [0, 0.1) is 11.7 Å². The fraction of sp³-hybridized carbons (Fsp3) is 0.533. The smallest absolute Gasteiger partial charge is 0.248 e. The molecule has 0 aliphatic heterocycles. The Morgan fingerprint density at radius 2 is 2.25 bits per heavy atom. The van der Waals surface area contributed by atoms with Crippen molar-refractivity contribution in [3.63, 3.8) is 0 Å². The Labute approximate surface area is 118 Å². The van der Waals surface area contributed by atoms with Gasteiger partial charge in [-0.2, -0.15) is 0 Å². The van der Waals surface area contributed by atoms with Crippen LogP contribution in [-0.4, -0.2) is 25.7 Å². The summed E-state index contributed by atoms with van der Waals surface area (Å²) in [5, 5.41) is 3.14. The van der Waals surface area contributed by atoms with Gasteiger partial charge in [0, 0.05) is 30.9 Å². The van der Waals surface area contributed by atoms with Gasteiger partial charge in [-0.1, -0.05) is 0 Å². The van der Waals surface area contributed by atoms with E-state index >= 15 is 0 Å². The molecule has 2 rings (SSSR count). The highest BCUT2D eigenvalue weighted by Gasteiger charge is 2.20. The second-order valence-corrected chi connectivity index (χ2v) is 5.22. The number of carbonyl (C=O) groups is 1. The third kappa shape index (κ3) is 4.90. The molecule has 4 nitrogen and oxygen atoms in total. The van der Waals surface area contributed by atoms with Gasteiger partial charge in [-0.25, -0.2) is 4.39 Å². The molecule has 0 heterocycles. The summed E-state index contributed by atoms with van der Waals surface area (Å²) < 4.78 is 19.1. The molecule has 0 saturated heterocycles. The Hall–Kier alpha value is -1.46. The average molecular weight is 280 g/mol. The summed E-state index contributed by atoms with van der Waals surface area (Å²) in [6.07, 6.45) is 3.49. The molecule has 0 atom stereocenters. The number of ether oxygens (including phenoxy) is 1. The quantitative estimate of drug-likeness (QED) is 0.678. The van der Waals surface area contributed by atoms with Gasteiger partial charge >= 0.3 is 0 Å². The second-order valence-electron chi connectivity index (χ2n) is 5.22. The summed E-state index contributed by atoms with van der Waals surface area (Å²) in [6, 6.07) is 4.16. The first-order valence-electron chi connectivity index (χ1n) is 7.03. The minimum Gasteiger partial charge on any atom is -0.381 e. The number of hydrogen-bond acceptors (Lipinski definition) is 3. The molecule has 0 bridgehead atoms. The van der Waals surface area contributed by atoms with Crippen molar-refractivity contribution in [1.82, 2.24) is 5.32 Å². The van der Waals surface area contributed by atoms with E-state index < -0.39 is 5.91 Å². The lowest BCUT2D eigenvalue weighted by molar-refractivity contribution is 0.1000. The van der Waals surface area contributed by atoms with Gasteiger partial charge in [0.25, 0.3) is 0 Å². The van der Waals surface area contributed by atoms with Crippen molar-refractivity contribution in [1.29, 1.82) is 0 Å². The van der Waals surface area contributed by atoms with E-state index in [1.54, 1.807) is 0 Å². The first-order chi connectivity index (χ1) is 9.66. The number of nitrogens with one attached hydrogen (secondary N) is 1. The number of primary amides is 1. The molecule has 3 N–H and O–H groups in total. The molecule has 1 saturated carbocycles. The van der Waals surface area contributed by atoms with Crippen LogP contribution < -0.4 is 11.1 Å². The van der Waals surface area contributed by atoms with E-state index in [2.05, 4.69) is 5.32 Å². The van der Waals surface area contributed by atoms with Gasteiger partial charge in [0.05, 0.1) is 0 Å². The molecule has 1 fully saturated rings. The molecule has 1 aliphatic rings. The predicted molar refractivity (Wildman–Crippen MR) is 74.8 cm³/mol. The second kappa shape index (κ2) is 7.36. The molecule has 0 unspecified atom stereocenters. The maximum atomic E-state index is 13.5. The maximum absolute atomic E-state index is 13.5. The highest BCUT2D eigenvalue weighted by molar-refractivity contribution is 5.92. The summed E-state index contributed by atoms with van der Waals surface area (Å²) in [5.41, 5.74) is 5.96. The van der Waals surface area contributed by atoms with Crippen LogP contribution in [0.15, 0.2) is 18.2 Å². The minimum absolute atomic E-state index is 0.326. The summed E-state index contributed by atoms with van der Waals surface area (Å²) >= 11 is 0. The molecular formula is C15H21FN2O2. The number of hydrogen-bond donors (Lipinski definition) is 2. The van der Waals surface area contributed by atoms with Crippen LogP contribution in [0.25, 0.3) is 0 Å². The molecule has 1 aromatic carbocycles. The lowest BCUT2D eigenvalue weighted by Crippen LogP contribution is -2.18. The van der Waals surface area contributed by atoms with Crippen molar-refractivity contribution in [3.8, 4) is 0 Å². The molecule has 20 heavy (non-hydrogen) atoms. The Bertz CT molecular complexity index is 461. The van der Waals surface area contributed by atoms with Gasteiger partial charge in [-0.15, -0.1) is 0 Å². The maximum Gasteiger partial charge on any atom is 0.248 e. The molecule has 1 aromatic rings. The van der Waals surface area contributed by atoms with Crippen LogP contribution in [0.3, 0.4) is 0 Å². The number of nitrogens with two attached hydrogens (primary N) is 1. The largest absolute Gasteiger partial charge is 0.381 e. The number of amides is 1. The third-order valence-corrected chi connectivity index (χ3v) is 3.34. The zero-order valence-corrected chi connectivity index (χ0v) is 11.5. The van der Waals surface area contributed by atoms with Crippen molar-refractivity contribution in [3.05, 3.63) is 35.1 Å². The standard InChI is InChI=1S/C15H21FN2O2/c16-14-5-4-12(15(17)19)8-13(14)9-18-6-1-7-20-10-11-2-3-11/h4-5,8,11,18H,1-3,6-7,9-10H2,(H2,17,19). The van der Waals surface area contributed by atoms with Crippen molar-refractivity contribution < 1.29 is 13.9 Å². The Morgan fingerprint density at radius 3 is 2.95 bits per heavy atom. The summed E-state index contributed by atoms with van der Waals surface area (Å²) in [6.45, 7) is 2.74. The van der Waals surface area contributed by atoms with Crippen molar-refractivity contribution in [2.24, 2.45) is 11.7 Å². The first kappa shape index (κ1) is 14.9. The fourth-order valence-corrected chi connectivity index (χ4v) is 1.92. The molecule has 0 aromatic heterocycles. The van der Waals surface area contributed by atoms with Crippen molar-refractivity contribution in [2.75, 3.05) is 19.8 Å². The van der Waals surface area contributed by atoms with Gasteiger partial charge in [-0.05, 0) is 49.9 Å². The summed E-state index contributed by atoms with van der Waals surface area (Å²) in [4.78, 5) is 11.0. The van der Waals surface area contributed by atoms with Crippen LogP contribution in [0.5, 0.6) is 0 Å². The van der Waals surface area contributed by atoms with Gasteiger partial charge < -0.3 is 15.8 Å². The fourth-order valence-electron chi connectivity index (χ4n) is 1.92. The highest BCUT2D eigenvalue weighted by atomic mass is 19.1. The number of rotatable bonds is 9. The van der Waals surface area contributed by atoms with Crippen LogP contribution in [0.2, 0.25) is 0 Å². The topological polar surface area (TPSA) is 64.4 Å². The molecule has 110 valence electrons. The van der Waals surface area contributed by atoms with Crippen LogP contribution in [-0.2, 0) is 11.3 Å². The number of halogens is 1. The molecule has 1 aliphatic carbocycles. The van der Waals surface area contributed by atoms with Gasteiger partial charge in [0.15, 0.2) is 0 Å². The minimum atomic E-state index is -0.542. The lowest BCUT2D eigenvalue weighted by Gasteiger charge is -2.08. The van der Waals surface area contributed by atoms with Crippen LogP contribution in [0.1, 0.15) is 35.2 Å². The van der Waals surface area contributed by atoms with Crippen molar-refractivity contribution in [2.45, 2.75) is 25.8 Å². The molecule has 1 amide bonds. The molecule has 0 spiro atoms. The van der Waals surface area contributed by atoms with E-state index in [1.807, 2.05) is 0 Å². The number of benzene rings is 1. The van der Waals surface area contributed by atoms with E-state index in [0.29, 0.717) is 17.7 Å². The Kier molecular flexibility index (Phi) is 5.49. The van der Waals surface area contributed by atoms with Crippen molar-refractivity contribution >= 4 is 5.91 Å². The average Bonchev–Trinajstić information content (AvgIpc) is 3.23. The van der Waals surface area contributed by atoms with E-state index in [9.17, 15) is 9.18 Å². The van der Waals surface area contributed by atoms with Gasteiger partial charge in [-0.3, -0.25) is 4.79 Å². The van der Waals surface area contributed by atoms with E-state index in [1.165, 1.54) is 31.0 Å². The van der Waals surface area contributed by atoms with Crippen LogP contribution in [0.4, 0.5) is 4.39 Å². The van der Waals surface area contributed by atoms with E-state index in [4.69, 9.17) is 10.5 Å². The van der Waals surface area contributed by atoms with E-state index in [0.717, 1.165) is 32.1 Å². The third-order valence-electron chi connectivity index (χ3n) is 3.34. The zero-order chi connectivity index (χ0) is 14.4. The van der Waals surface area contributed by atoms with Gasteiger partial charge in [0.1, 0.15) is 5.82 Å². The monoisotopic (exact) mass is 280 g/mol. The normalized spacial score (nSPS) is 14.4. The highest BCUT2D eigenvalue weighted by Crippen LogP contribution is 2.28. The zero-order valence-electron chi connectivity index (χ0n) is 11.5. The summed E-state index contributed by atoms with van der Waals surface area (Å²) in [7, 11) is 0. The summed E-state index contributed by atoms with van der Waals surface area (Å²) in [5.74, 6) is -0.0826. The van der Waals surface area contributed by atoms with Gasteiger partial charge in [0.2, 0.25) is 5.91 Å². The molecule has 0 radical (unpaired) electrons. The lowest BCUT2D eigenvalue weighted by atomic mass is 10.1. The predicted octanol–water partition coefficient (Wildman–Crippen LogP) is 1.83. The first-order valence-corrected chi connectivity index (χ1v) is 7.03. The molecule has 5 heteroatoms. The Balaban J connectivity index is 1.64. The SMILES string of the molecule is NC(=O)c1ccc(F)c(CNCCCOCC2CC2)c1. The Morgan fingerprint density at radius 1 is 1.45 bits per heavy atom. The molecular weight excluding hydrogens is 259 g/mol. The van der Waals surface area contributed by atoms with E-state index in [-0.39, 0.29) is 5.82 Å². The number of carbonyl (C=O) groups excluding carboxylic acids is 1.